The van der Waals surface area contributed by atoms with E-state index in [1.54, 1.807) is 0 Å². The summed E-state index contributed by atoms with van der Waals surface area (Å²) in [4.78, 5) is 0. The maximum absolute atomic E-state index is 3.76. The summed E-state index contributed by atoms with van der Waals surface area (Å²) < 4.78 is 0. The van der Waals surface area contributed by atoms with Crippen LogP contribution in [0.2, 0.25) is 0 Å². The maximum Gasteiger partial charge on any atom is -0.0142 e. The average Bonchev–Trinajstić information content (AvgIpc) is 2.16. The Kier molecular flexibility index (Phi) is 7.38. The fourth-order valence-corrected chi connectivity index (χ4v) is 1.29. The van der Waals surface area contributed by atoms with E-state index >= 15 is 0 Å². The second-order valence-corrected chi connectivity index (χ2v) is 3.43. The molecule has 0 aromatic carbocycles. The van der Waals surface area contributed by atoms with Crippen LogP contribution < -0.4 is 0 Å². The normalized spacial score (nSPS) is 13.2. The predicted octanol–water partition coefficient (Wildman–Crippen LogP) is 4.65. The molecule has 13 heavy (non-hydrogen) atoms. The summed E-state index contributed by atoms with van der Waals surface area (Å²) in [6, 6.07) is 0. The van der Waals surface area contributed by atoms with Gasteiger partial charge in [0.25, 0.3) is 0 Å². The lowest BCUT2D eigenvalue weighted by molar-refractivity contribution is 0.788. The van der Waals surface area contributed by atoms with E-state index in [1.165, 1.54) is 30.4 Å². The van der Waals surface area contributed by atoms with Crippen molar-refractivity contribution < 1.29 is 0 Å². The van der Waals surface area contributed by atoms with Gasteiger partial charge in [0.05, 0.1) is 0 Å². The highest BCUT2D eigenvalue weighted by molar-refractivity contribution is 5.05. The van der Waals surface area contributed by atoms with Gasteiger partial charge < -0.3 is 0 Å². The molecule has 0 saturated heterocycles. The molecule has 0 bridgehead atoms. The van der Waals surface area contributed by atoms with Crippen molar-refractivity contribution in [1.29, 1.82) is 0 Å². The van der Waals surface area contributed by atoms with Gasteiger partial charge in [-0.15, -0.1) is 6.58 Å². The van der Waals surface area contributed by atoms with E-state index in [9.17, 15) is 0 Å². The predicted molar refractivity (Wildman–Crippen MR) is 61.9 cm³/mol. The van der Waals surface area contributed by atoms with Crippen molar-refractivity contribution in [3.8, 4) is 0 Å². The Bertz CT molecular complexity index is 194. The topological polar surface area (TPSA) is 0 Å². The van der Waals surface area contributed by atoms with Crippen molar-refractivity contribution in [3.05, 3.63) is 36.0 Å². The molecular weight excluding hydrogens is 156 g/mol. The molecule has 0 amide bonds. The Morgan fingerprint density at radius 3 is 2.31 bits per heavy atom. The second kappa shape index (κ2) is 7.85. The lowest BCUT2D eigenvalue weighted by Gasteiger charge is -2.04. The largest absolute Gasteiger partial charge is 0.103 e. The highest BCUT2D eigenvalue weighted by atomic mass is 14.0. The van der Waals surface area contributed by atoms with Crippen LogP contribution in [0.15, 0.2) is 36.0 Å². The minimum absolute atomic E-state index is 1.05. The number of hydrogen-bond donors (Lipinski definition) is 0. The third-order valence-corrected chi connectivity index (χ3v) is 2.38. The Balaban J connectivity index is 3.68. The van der Waals surface area contributed by atoms with Crippen molar-refractivity contribution in [2.24, 2.45) is 0 Å². The third kappa shape index (κ3) is 6.39. The summed E-state index contributed by atoms with van der Waals surface area (Å²) in [6.07, 6.45) is 11.2. The quantitative estimate of drug-likeness (QED) is 0.519. The van der Waals surface area contributed by atoms with Crippen LogP contribution in [0.4, 0.5) is 0 Å². The first-order valence-electron chi connectivity index (χ1n) is 5.11. The molecule has 0 saturated carbocycles. The standard InChI is InChI=1S/C13H22/c1-5-9-13(7-3)11-8-10-12(4)6-2/h5-7H,1,8-11H2,2-4H3. The molecule has 0 aromatic rings. The van der Waals surface area contributed by atoms with Crippen LogP contribution in [0.1, 0.15) is 46.5 Å². The van der Waals surface area contributed by atoms with E-state index in [0.717, 1.165) is 6.42 Å². The zero-order chi connectivity index (χ0) is 10.1. The van der Waals surface area contributed by atoms with Crippen molar-refractivity contribution in [2.75, 3.05) is 0 Å². The van der Waals surface area contributed by atoms with Crippen molar-refractivity contribution in [2.45, 2.75) is 46.5 Å². The molecular formula is C13H22. The number of allylic oxidation sites excluding steroid dienone is 5. The first-order chi connectivity index (χ1) is 6.24. The Morgan fingerprint density at radius 1 is 1.15 bits per heavy atom. The summed E-state index contributed by atoms with van der Waals surface area (Å²) in [5.74, 6) is 0. The Labute approximate surface area is 83.0 Å². The Hall–Kier alpha value is -0.780. The molecule has 0 aliphatic rings. The Morgan fingerprint density at radius 2 is 1.85 bits per heavy atom. The molecule has 0 aliphatic carbocycles. The van der Waals surface area contributed by atoms with Crippen molar-refractivity contribution in [1.82, 2.24) is 0 Å². The summed E-state index contributed by atoms with van der Waals surface area (Å²) in [5.41, 5.74) is 3.01. The minimum atomic E-state index is 1.05. The van der Waals surface area contributed by atoms with E-state index in [0.29, 0.717) is 0 Å². The summed E-state index contributed by atoms with van der Waals surface area (Å²) in [7, 11) is 0. The monoisotopic (exact) mass is 178 g/mol. The molecule has 74 valence electrons. The summed E-state index contributed by atoms with van der Waals surface area (Å²) in [5, 5.41) is 0. The maximum atomic E-state index is 3.76. The number of hydrogen-bond acceptors (Lipinski definition) is 0. The van der Waals surface area contributed by atoms with Gasteiger partial charge in [-0.2, -0.15) is 0 Å². The molecule has 0 aliphatic heterocycles. The van der Waals surface area contributed by atoms with Gasteiger partial charge >= 0.3 is 0 Å². The van der Waals surface area contributed by atoms with E-state index in [2.05, 4.69) is 39.5 Å². The fourth-order valence-electron chi connectivity index (χ4n) is 1.29. The zero-order valence-electron chi connectivity index (χ0n) is 9.27. The summed E-state index contributed by atoms with van der Waals surface area (Å²) in [6.45, 7) is 10.2. The van der Waals surface area contributed by atoms with Crippen LogP contribution >= 0.6 is 0 Å². The van der Waals surface area contributed by atoms with Gasteiger partial charge in [0, 0.05) is 0 Å². The molecule has 0 aromatic heterocycles. The first kappa shape index (κ1) is 12.2. The van der Waals surface area contributed by atoms with Gasteiger partial charge in [0.2, 0.25) is 0 Å². The fraction of sp³-hybridized carbons (Fsp3) is 0.538. The van der Waals surface area contributed by atoms with Gasteiger partial charge in [-0.1, -0.05) is 29.4 Å². The van der Waals surface area contributed by atoms with Crippen LogP contribution in [0.5, 0.6) is 0 Å². The highest BCUT2D eigenvalue weighted by Gasteiger charge is 1.94. The average molecular weight is 178 g/mol. The van der Waals surface area contributed by atoms with Crippen LogP contribution in [-0.4, -0.2) is 0 Å². The molecule has 0 fully saturated rings. The third-order valence-electron chi connectivity index (χ3n) is 2.38. The molecule has 0 heteroatoms. The molecule has 0 unspecified atom stereocenters. The first-order valence-corrected chi connectivity index (χ1v) is 5.11. The van der Waals surface area contributed by atoms with Gasteiger partial charge in [-0.05, 0) is 46.5 Å². The number of rotatable bonds is 6. The van der Waals surface area contributed by atoms with Crippen LogP contribution in [0.3, 0.4) is 0 Å². The minimum Gasteiger partial charge on any atom is -0.103 e. The molecule has 0 heterocycles. The van der Waals surface area contributed by atoms with Gasteiger partial charge in [0.1, 0.15) is 0 Å². The van der Waals surface area contributed by atoms with Gasteiger partial charge in [0.15, 0.2) is 0 Å². The zero-order valence-corrected chi connectivity index (χ0v) is 9.27. The molecule has 0 N–H and O–H groups in total. The lowest BCUT2D eigenvalue weighted by atomic mass is 10.0. The van der Waals surface area contributed by atoms with Crippen LogP contribution in [0.25, 0.3) is 0 Å². The molecule has 0 atom stereocenters. The van der Waals surface area contributed by atoms with E-state index < -0.39 is 0 Å². The molecule has 0 spiro atoms. The highest BCUT2D eigenvalue weighted by Crippen LogP contribution is 2.14. The van der Waals surface area contributed by atoms with E-state index in [-0.39, 0.29) is 0 Å². The van der Waals surface area contributed by atoms with E-state index in [4.69, 9.17) is 0 Å². The van der Waals surface area contributed by atoms with Crippen LogP contribution in [0, 0.1) is 0 Å². The van der Waals surface area contributed by atoms with Crippen molar-refractivity contribution >= 4 is 0 Å². The summed E-state index contributed by atoms with van der Waals surface area (Å²) >= 11 is 0. The molecule has 0 rings (SSSR count). The SMILES string of the molecule is C=CCC(=CC)CCCC(C)=CC. The molecule has 0 nitrogen and oxygen atoms in total. The van der Waals surface area contributed by atoms with Crippen molar-refractivity contribution in [3.63, 3.8) is 0 Å². The smallest absolute Gasteiger partial charge is 0.0142 e. The lowest BCUT2D eigenvalue weighted by Crippen LogP contribution is -1.84. The molecule has 0 radical (unpaired) electrons. The van der Waals surface area contributed by atoms with Crippen LogP contribution in [-0.2, 0) is 0 Å². The van der Waals surface area contributed by atoms with Gasteiger partial charge in [-0.3, -0.25) is 0 Å². The van der Waals surface area contributed by atoms with Gasteiger partial charge in [-0.25, -0.2) is 0 Å². The van der Waals surface area contributed by atoms with E-state index in [1.807, 2.05) is 6.08 Å². The second-order valence-electron chi connectivity index (χ2n) is 3.43.